The van der Waals surface area contributed by atoms with Gasteiger partial charge in [0.05, 0.1) is 17.0 Å². The van der Waals surface area contributed by atoms with Crippen LogP contribution in [0.1, 0.15) is 29.8 Å². The molecule has 0 aromatic carbocycles. The zero-order valence-electron chi connectivity index (χ0n) is 11.2. The molecular weight excluding hydrogens is 284 g/mol. The molecule has 6 nitrogen and oxygen atoms in total. The average Bonchev–Trinajstić information content (AvgIpc) is 2.68. The Morgan fingerprint density at radius 3 is 2.65 bits per heavy atom. The molecule has 0 spiro atoms. The van der Waals surface area contributed by atoms with Gasteiger partial charge in [-0.1, -0.05) is 11.6 Å². The van der Waals surface area contributed by atoms with Crippen LogP contribution in [0.4, 0.5) is 0 Å². The van der Waals surface area contributed by atoms with Crippen LogP contribution in [-0.2, 0) is 16.6 Å². The van der Waals surface area contributed by atoms with E-state index >= 15 is 0 Å². The van der Waals surface area contributed by atoms with E-state index in [-0.39, 0.29) is 12.3 Å². The summed E-state index contributed by atoms with van der Waals surface area (Å²) >= 11 is 5.86. The number of aryl methyl sites for hydroxylation is 1. The Morgan fingerprint density at radius 2 is 2.15 bits per heavy atom. The van der Waals surface area contributed by atoms with E-state index in [2.05, 4.69) is 5.32 Å². The van der Waals surface area contributed by atoms with Gasteiger partial charge in [-0.15, -0.1) is 0 Å². The van der Waals surface area contributed by atoms with Gasteiger partial charge in [-0.2, -0.15) is 0 Å². The van der Waals surface area contributed by atoms with E-state index < -0.39 is 11.5 Å². The number of nitrogens with one attached hydrogen (secondary N) is 1. The Kier molecular flexibility index (Phi) is 4.35. The van der Waals surface area contributed by atoms with Gasteiger partial charge in [-0.05, 0) is 18.9 Å². The molecule has 0 unspecified atom stereocenters. The minimum Gasteiger partial charge on any atom is -0.481 e. The molecule has 1 aliphatic rings. The van der Waals surface area contributed by atoms with Gasteiger partial charge in [0.2, 0.25) is 0 Å². The summed E-state index contributed by atoms with van der Waals surface area (Å²) in [5.41, 5.74) is -0.344. The highest BCUT2D eigenvalue weighted by Crippen LogP contribution is 2.25. The maximum Gasteiger partial charge on any atom is 0.305 e. The van der Waals surface area contributed by atoms with Crippen LogP contribution in [0.25, 0.3) is 0 Å². The van der Waals surface area contributed by atoms with Crippen LogP contribution in [0.5, 0.6) is 0 Å². The van der Waals surface area contributed by atoms with Gasteiger partial charge < -0.3 is 19.7 Å². The Morgan fingerprint density at radius 1 is 1.50 bits per heavy atom. The third-order valence-corrected chi connectivity index (χ3v) is 3.73. The number of carboxylic acid groups (broad SMARTS) is 1. The molecule has 20 heavy (non-hydrogen) atoms. The maximum atomic E-state index is 12.3. The molecule has 0 saturated carbocycles. The van der Waals surface area contributed by atoms with E-state index in [1.54, 1.807) is 23.9 Å². The molecule has 1 saturated heterocycles. The standard InChI is InChI=1S/C13H17ClN2O4/c1-16-8-9(14)6-10(16)12(19)15-13(7-11(17)18)2-4-20-5-3-13/h6,8H,2-5,7H2,1H3,(H,15,19)(H,17,18). The lowest BCUT2D eigenvalue weighted by atomic mass is 9.86. The lowest BCUT2D eigenvalue weighted by molar-refractivity contribution is -0.139. The van der Waals surface area contributed by atoms with Crippen molar-refractivity contribution in [2.24, 2.45) is 7.05 Å². The monoisotopic (exact) mass is 300 g/mol. The lowest BCUT2D eigenvalue weighted by Crippen LogP contribution is -2.53. The van der Waals surface area contributed by atoms with Crippen molar-refractivity contribution in [2.45, 2.75) is 24.8 Å². The number of aliphatic carboxylic acids is 1. The van der Waals surface area contributed by atoms with Gasteiger partial charge in [0.15, 0.2) is 0 Å². The molecule has 2 rings (SSSR count). The minimum absolute atomic E-state index is 0.111. The number of hydrogen-bond acceptors (Lipinski definition) is 3. The number of carbonyl (C=O) groups excluding carboxylic acids is 1. The molecule has 1 aromatic heterocycles. The second kappa shape index (κ2) is 5.85. The van der Waals surface area contributed by atoms with Crippen molar-refractivity contribution in [1.29, 1.82) is 0 Å². The van der Waals surface area contributed by atoms with E-state index in [0.717, 1.165) is 0 Å². The summed E-state index contributed by atoms with van der Waals surface area (Å²) in [5, 5.41) is 12.4. The van der Waals surface area contributed by atoms with E-state index in [4.69, 9.17) is 21.4 Å². The molecule has 2 heterocycles. The highest BCUT2D eigenvalue weighted by molar-refractivity contribution is 6.31. The Balaban J connectivity index is 2.17. The molecule has 0 bridgehead atoms. The number of carboxylic acids is 1. The number of amides is 1. The summed E-state index contributed by atoms with van der Waals surface area (Å²) < 4.78 is 6.87. The Hall–Kier alpha value is -1.53. The molecule has 7 heteroatoms. The summed E-state index contributed by atoms with van der Waals surface area (Å²) in [4.78, 5) is 23.4. The molecule has 1 amide bonds. The molecule has 2 N–H and O–H groups in total. The number of ether oxygens (including phenoxy) is 1. The quantitative estimate of drug-likeness (QED) is 0.881. The molecule has 1 aromatic rings. The zero-order valence-corrected chi connectivity index (χ0v) is 11.9. The number of aromatic nitrogens is 1. The predicted octanol–water partition coefficient (Wildman–Crippen LogP) is 1.43. The number of hydrogen-bond donors (Lipinski definition) is 2. The number of rotatable bonds is 4. The first-order valence-electron chi connectivity index (χ1n) is 6.36. The summed E-state index contributed by atoms with van der Waals surface area (Å²) in [6, 6.07) is 1.56. The molecule has 0 atom stereocenters. The van der Waals surface area contributed by atoms with E-state index in [1.165, 1.54) is 0 Å². The van der Waals surface area contributed by atoms with Crippen molar-refractivity contribution in [1.82, 2.24) is 9.88 Å². The highest BCUT2D eigenvalue weighted by atomic mass is 35.5. The highest BCUT2D eigenvalue weighted by Gasteiger charge is 2.37. The van der Waals surface area contributed by atoms with Crippen molar-refractivity contribution < 1.29 is 19.4 Å². The largest absolute Gasteiger partial charge is 0.481 e. The van der Waals surface area contributed by atoms with E-state index in [9.17, 15) is 9.59 Å². The summed E-state index contributed by atoms with van der Waals surface area (Å²) in [6.07, 6.45) is 2.50. The van der Waals surface area contributed by atoms with Crippen LogP contribution in [0.3, 0.4) is 0 Å². The summed E-state index contributed by atoms with van der Waals surface area (Å²) in [7, 11) is 1.72. The van der Waals surface area contributed by atoms with Crippen LogP contribution in [-0.4, -0.2) is 40.3 Å². The van der Waals surface area contributed by atoms with Gasteiger partial charge in [0.1, 0.15) is 5.69 Å². The summed E-state index contributed by atoms with van der Waals surface area (Å²) in [5.74, 6) is -1.25. The topological polar surface area (TPSA) is 80.6 Å². The average molecular weight is 301 g/mol. The summed E-state index contributed by atoms with van der Waals surface area (Å²) in [6.45, 7) is 0.892. The van der Waals surface area contributed by atoms with Crippen LogP contribution in [0, 0.1) is 0 Å². The van der Waals surface area contributed by atoms with Crippen LogP contribution >= 0.6 is 11.6 Å². The predicted molar refractivity (Wildman–Crippen MR) is 72.9 cm³/mol. The van der Waals surface area contributed by atoms with Gasteiger partial charge in [-0.25, -0.2) is 0 Å². The van der Waals surface area contributed by atoms with Gasteiger partial charge in [0, 0.05) is 26.5 Å². The van der Waals surface area contributed by atoms with E-state index in [0.29, 0.717) is 36.8 Å². The molecule has 0 aliphatic carbocycles. The molecular formula is C13H17ClN2O4. The molecule has 0 radical (unpaired) electrons. The second-order valence-electron chi connectivity index (χ2n) is 5.07. The second-order valence-corrected chi connectivity index (χ2v) is 5.51. The number of halogens is 1. The van der Waals surface area contributed by atoms with Crippen molar-refractivity contribution in [2.75, 3.05) is 13.2 Å². The molecule has 1 fully saturated rings. The van der Waals surface area contributed by atoms with Crippen molar-refractivity contribution in [3.8, 4) is 0 Å². The van der Waals surface area contributed by atoms with Gasteiger partial charge in [0.25, 0.3) is 5.91 Å². The molecule has 110 valence electrons. The molecule has 1 aliphatic heterocycles. The number of nitrogens with zero attached hydrogens (tertiary/aromatic N) is 1. The normalized spacial score (nSPS) is 17.7. The fraction of sp³-hybridized carbons (Fsp3) is 0.538. The van der Waals surface area contributed by atoms with E-state index in [1.807, 2.05) is 0 Å². The minimum atomic E-state index is -0.933. The van der Waals surface area contributed by atoms with Crippen molar-refractivity contribution in [3.05, 3.63) is 23.0 Å². The van der Waals surface area contributed by atoms with Crippen molar-refractivity contribution >= 4 is 23.5 Å². The smallest absolute Gasteiger partial charge is 0.305 e. The third kappa shape index (κ3) is 3.32. The zero-order chi connectivity index (χ0) is 14.8. The fourth-order valence-electron chi connectivity index (χ4n) is 2.45. The van der Waals surface area contributed by atoms with Gasteiger partial charge in [-0.3, -0.25) is 9.59 Å². The van der Waals surface area contributed by atoms with Crippen molar-refractivity contribution in [3.63, 3.8) is 0 Å². The SMILES string of the molecule is Cn1cc(Cl)cc1C(=O)NC1(CC(=O)O)CCOCC1. The van der Waals surface area contributed by atoms with Crippen LogP contribution < -0.4 is 5.32 Å². The maximum absolute atomic E-state index is 12.3. The first kappa shape index (κ1) is 14.9. The van der Waals surface area contributed by atoms with Crippen LogP contribution in [0.2, 0.25) is 5.02 Å². The third-order valence-electron chi connectivity index (χ3n) is 3.52. The Bertz CT molecular complexity index is 520. The number of carbonyl (C=O) groups is 2. The first-order chi connectivity index (χ1) is 9.42. The fourth-order valence-corrected chi connectivity index (χ4v) is 2.70. The Labute approximate surface area is 121 Å². The first-order valence-corrected chi connectivity index (χ1v) is 6.74. The lowest BCUT2D eigenvalue weighted by Gasteiger charge is -2.36. The van der Waals surface area contributed by atoms with Crippen LogP contribution in [0.15, 0.2) is 12.3 Å². The van der Waals surface area contributed by atoms with Gasteiger partial charge >= 0.3 is 5.97 Å².